The number of ether oxygens (including phenoxy) is 1. The smallest absolute Gasteiger partial charge is 0.305 e. The molecule has 0 fully saturated rings. The fourth-order valence-corrected chi connectivity index (χ4v) is 8.93. The Bertz CT molecular complexity index is 939. The van der Waals surface area contributed by atoms with Crippen LogP contribution >= 0.6 is 0 Å². The van der Waals surface area contributed by atoms with Crippen molar-refractivity contribution in [2.24, 2.45) is 0 Å². The standard InChI is InChI=1S/C57H111NO5/c1-3-5-7-9-11-13-15-17-18-23-26-29-33-37-41-45-49-55(60)54(53-59)58-56(61)50-46-42-38-34-30-27-24-21-19-20-22-25-28-32-36-40-44-48-52-63-57(62)51-47-43-39-35-31-16-14-12-10-8-6-4-2/h12,14,54-55,59-60H,3-11,13,15-53H2,1-2H3,(H,58,61)/b14-12-. The molecule has 0 aliphatic carbocycles. The first-order valence-corrected chi connectivity index (χ1v) is 28.4. The maximum atomic E-state index is 12.5. The van der Waals surface area contributed by atoms with Gasteiger partial charge in [-0.2, -0.15) is 0 Å². The lowest BCUT2D eigenvalue weighted by Crippen LogP contribution is -2.45. The van der Waals surface area contributed by atoms with E-state index in [1.807, 2.05) is 0 Å². The zero-order valence-electron chi connectivity index (χ0n) is 42.6. The SMILES string of the molecule is CCCCC/C=C\CCCCCCCC(=O)OCCCCCCCCCCCCCCCCCCCCC(=O)NC(CO)C(O)CCCCCCCCCCCCCCCCCC. The van der Waals surface area contributed by atoms with Crippen LogP contribution in [-0.4, -0.2) is 47.4 Å². The van der Waals surface area contributed by atoms with E-state index in [1.165, 1.54) is 238 Å². The molecule has 0 bridgehead atoms. The third kappa shape index (κ3) is 49.9. The van der Waals surface area contributed by atoms with Gasteiger partial charge >= 0.3 is 5.97 Å². The molecule has 0 aromatic heterocycles. The average Bonchev–Trinajstić information content (AvgIpc) is 3.28. The number of esters is 1. The van der Waals surface area contributed by atoms with Gasteiger partial charge in [0.25, 0.3) is 0 Å². The first-order valence-electron chi connectivity index (χ1n) is 28.4. The van der Waals surface area contributed by atoms with E-state index in [9.17, 15) is 19.8 Å². The van der Waals surface area contributed by atoms with Gasteiger partial charge in [-0.05, 0) is 51.4 Å². The molecule has 0 saturated carbocycles. The molecule has 63 heavy (non-hydrogen) atoms. The van der Waals surface area contributed by atoms with Gasteiger partial charge in [0.15, 0.2) is 0 Å². The van der Waals surface area contributed by atoms with Gasteiger partial charge in [0, 0.05) is 12.8 Å². The van der Waals surface area contributed by atoms with Crippen LogP contribution in [0, 0.1) is 0 Å². The van der Waals surface area contributed by atoms with Crippen LogP contribution in [0.2, 0.25) is 0 Å². The molecule has 0 aromatic rings. The van der Waals surface area contributed by atoms with Gasteiger partial charge in [0.1, 0.15) is 0 Å². The Labute approximate surface area is 393 Å². The summed E-state index contributed by atoms with van der Waals surface area (Å²) >= 11 is 0. The minimum atomic E-state index is -0.666. The summed E-state index contributed by atoms with van der Waals surface area (Å²) in [6.07, 6.45) is 61.9. The van der Waals surface area contributed by atoms with E-state index in [-0.39, 0.29) is 18.5 Å². The zero-order valence-corrected chi connectivity index (χ0v) is 42.6. The third-order valence-electron chi connectivity index (χ3n) is 13.3. The van der Waals surface area contributed by atoms with Crippen molar-refractivity contribution in [3.05, 3.63) is 12.2 Å². The summed E-state index contributed by atoms with van der Waals surface area (Å²) in [6, 6.07) is -0.544. The lowest BCUT2D eigenvalue weighted by atomic mass is 10.0. The quantitative estimate of drug-likeness (QED) is 0.0321. The largest absolute Gasteiger partial charge is 0.466 e. The van der Waals surface area contributed by atoms with Crippen LogP contribution in [-0.2, 0) is 14.3 Å². The Morgan fingerprint density at radius 1 is 0.429 bits per heavy atom. The van der Waals surface area contributed by atoms with Crippen molar-refractivity contribution in [3.8, 4) is 0 Å². The molecule has 2 unspecified atom stereocenters. The van der Waals surface area contributed by atoms with E-state index in [2.05, 4.69) is 31.3 Å². The number of amides is 1. The van der Waals surface area contributed by atoms with E-state index < -0.39 is 12.1 Å². The number of carbonyl (C=O) groups excluding carboxylic acids is 2. The molecule has 0 rings (SSSR count). The molecule has 374 valence electrons. The van der Waals surface area contributed by atoms with Crippen LogP contribution in [0.1, 0.15) is 316 Å². The fraction of sp³-hybridized carbons (Fsp3) is 0.930. The number of aliphatic hydroxyl groups excluding tert-OH is 2. The molecular weight excluding hydrogens is 779 g/mol. The van der Waals surface area contributed by atoms with E-state index in [0.717, 1.165) is 44.9 Å². The van der Waals surface area contributed by atoms with Crippen molar-refractivity contribution in [3.63, 3.8) is 0 Å². The number of hydrogen-bond donors (Lipinski definition) is 3. The summed E-state index contributed by atoms with van der Waals surface area (Å²) in [4.78, 5) is 24.5. The second kappa shape index (κ2) is 53.2. The van der Waals surface area contributed by atoms with Crippen molar-refractivity contribution < 1.29 is 24.5 Å². The molecule has 0 spiro atoms. The minimum absolute atomic E-state index is 0.00228. The van der Waals surface area contributed by atoms with E-state index >= 15 is 0 Å². The van der Waals surface area contributed by atoms with Gasteiger partial charge in [-0.15, -0.1) is 0 Å². The lowest BCUT2D eigenvalue weighted by Gasteiger charge is -2.22. The van der Waals surface area contributed by atoms with Crippen LogP contribution < -0.4 is 5.32 Å². The summed E-state index contributed by atoms with van der Waals surface area (Å²) in [6.45, 7) is 4.93. The molecule has 0 heterocycles. The maximum absolute atomic E-state index is 12.5. The summed E-state index contributed by atoms with van der Waals surface area (Å²) in [5, 5.41) is 23.3. The Morgan fingerprint density at radius 3 is 1.16 bits per heavy atom. The highest BCUT2D eigenvalue weighted by atomic mass is 16.5. The molecule has 0 aliphatic heterocycles. The molecule has 0 saturated heterocycles. The topological polar surface area (TPSA) is 95.9 Å². The van der Waals surface area contributed by atoms with E-state index in [0.29, 0.717) is 25.9 Å². The molecule has 3 N–H and O–H groups in total. The van der Waals surface area contributed by atoms with Gasteiger partial charge in [0.2, 0.25) is 5.91 Å². The Balaban J connectivity index is 3.41. The van der Waals surface area contributed by atoms with Gasteiger partial charge < -0.3 is 20.3 Å². The van der Waals surface area contributed by atoms with Crippen molar-refractivity contribution in [1.82, 2.24) is 5.32 Å². The van der Waals surface area contributed by atoms with Crippen molar-refractivity contribution in [2.75, 3.05) is 13.2 Å². The van der Waals surface area contributed by atoms with Crippen molar-refractivity contribution in [2.45, 2.75) is 328 Å². The minimum Gasteiger partial charge on any atom is -0.466 e. The molecule has 0 aromatic carbocycles. The van der Waals surface area contributed by atoms with E-state index in [1.54, 1.807) is 0 Å². The monoisotopic (exact) mass is 890 g/mol. The summed E-state index contributed by atoms with van der Waals surface area (Å²) in [7, 11) is 0. The van der Waals surface area contributed by atoms with Crippen molar-refractivity contribution >= 4 is 11.9 Å². The normalized spacial score (nSPS) is 12.6. The molecular formula is C57H111NO5. The van der Waals surface area contributed by atoms with Crippen LogP contribution in [0.4, 0.5) is 0 Å². The van der Waals surface area contributed by atoms with Gasteiger partial charge in [-0.25, -0.2) is 0 Å². The number of rotatable bonds is 53. The highest BCUT2D eigenvalue weighted by Crippen LogP contribution is 2.17. The molecule has 2 atom stereocenters. The number of hydrogen-bond acceptors (Lipinski definition) is 5. The number of allylic oxidation sites excluding steroid dienone is 2. The average molecular weight is 891 g/mol. The summed E-state index contributed by atoms with van der Waals surface area (Å²) < 4.78 is 5.46. The molecule has 1 amide bonds. The van der Waals surface area contributed by atoms with Crippen LogP contribution in [0.3, 0.4) is 0 Å². The maximum Gasteiger partial charge on any atom is 0.305 e. The number of aliphatic hydroxyl groups is 2. The summed E-state index contributed by atoms with van der Waals surface area (Å²) in [5.41, 5.74) is 0. The second-order valence-corrected chi connectivity index (χ2v) is 19.6. The van der Waals surface area contributed by atoms with Crippen LogP contribution in [0.5, 0.6) is 0 Å². The third-order valence-corrected chi connectivity index (χ3v) is 13.3. The molecule has 6 nitrogen and oxygen atoms in total. The first kappa shape index (κ1) is 61.6. The number of unbranched alkanes of at least 4 members (excludes halogenated alkanes) is 40. The molecule has 6 heteroatoms. The highest BCUT2D eigenvalue weighted by molar-refractivity contribution is 5.76. The molecule has 0 aliphatic rings. The Morgan fingerprint density at radius 2 is 0.746 bits per heavy atom. The van der Waals surface area contributed by atoms with Crippen LogP contribution in [0.25, 0.3) is 0 Å². The predicted molar refractivity (Wildman–Crippen MR) is 273 cm³/mol. The summed E-state index contributed by atoms with van der Waals surface area (Å²) in [5.74, 6) is -0.0392. The predicted octanol–water partition coefficient (Wildman–Crippen LogP) is 17.3. The second-order valence-electron chi connectivity index (χ2n) is 19.6. The van der Waals surface area contributed by atoms with E-state index in [4.69, 9.17) is 4.74 Å². The molecule has 0 radical (unpaired) electrons. The van der Waals surface area contributed by atoms with Crippen molar-refractivity contribution in [1.29, 1.82) is 0 Å². The van der Waals surface area contributed by atoms with Gasteiger partial charge in [-0.1, -0.05) is 264 Å². The number of nitrogens with one attached hydrogen (secondary N) is 1. The Hall–Kier alpha value is -1.40. The zero-order chi connectivity index (χ0) is 45.8. The van der Waals surface area contributed by atoms with Crippen LogP contribution in [0.15, 0.2) is 12.2 Å². The van der Waals surface area contributed by atoms with Gasteiger partial charge in [-0.3, -0.25) is 9.59 Å². The number of carbonyl (C=O) groups is 2. The van der Waals surface area contributed by atoms with Gasteiger partial charge in [0.05, 0.1) is 25.4 Å². The highest BCUT2D eigenvalue weighted by Gasteiger charge is 2.20. The Kier molecular flexibility index (Phi) is 52.0. The lowest BCUT2D eigenvalue weighted by molar-refractivity contribution is -0.143. The fourth-order valence-electron chi connectivity index (χ4n) is 8.93. The first-order chi connectivity index (χ1) is 31.0.